The van der Waals surface area contributed by atoms with E-state index in [4.69, 9.17) is 5.26 Å². The molecule has 4 nitrogen and oxygen atoms in total. The minimum Gasteiger partial charge on any atom is -0.468 e. The summed E-state index contributed by atoms with van der Waals surface area (Å²) in [7, 11) is 1.37. The zero-order chi connectivity index (χ0) is 11.0. The molecule has 0 aromatic heterocycles. The lowest BCUT2D eigenvalue weighted by molar-refractivity contribution is -0.143. The molecular formula is C10H18N2O2. The standard InChI is InChI=1S/C10H18N2O2/c1-4-8(6-7-11)12-9(5-2)10(13)14-3/h8-9,12H,4-6H2,1-3H3. The van der Waals surface area contributed by atoms with E-state index in [1.54, 1.807) is 0 Å². The molecule has 2 unspecified atom stereocenters. The molecule has 0 heterocycles. The maximum absolute atomic E-state index is 11.2. The Balaban J connectivity index is 4.14. The van der Waals surface area contributed by atoms with E-state index in [2.05, 4.69) is 16.1 Å². The van der Waals surface area contributed by atoms with Gasteiger partial charge in [-0.3, -0.25) is 4.79 Å². The first-order chi connectivity index (χ1) is 6.69. The van der Waals surface area contributed by atoms with Gasteiger partial charge >= 0.3 is 5.97 Å². The first-order valence-corrected chi connectivity index (χ1v) is 4.90. The summed E-state index contributed by atoms with van der Waals surface area (Å²) in [4.78, 5) is 11.2. The third kappa shape index (κ3) is 4.24. The van der Waals surface area contributed by atoms with E-state index in [1.165, 1.54) is 7.11 Å². The number of methoxy groups -OCH3 is 1. The number of hydrogen-bond donors (Lipinski definition) is 1. The van der Waals surface area contributed by atoms with Crippen molar-refractivity contribution in [3.05, 3.63) is 0 Å². The topological polar surface area (TPSA) is 62.1 Å². The smallest absolute Gasteiger partial charge is 0.322 e. The van der Waals surface area contributed by atoms with Gasteiger partial charge in [0, 0.05) is 6.04 Å². The summed E-state index contributed by atoms with van der Waals surface area (Å²) in [5.41, 5.74) is 0. The molecule has 4 heteroatoms. The molecule has 0 saturated heterocycles. The Morgan fingerprint density at radius 3 is 2.50 bits per heavy atom. The van der Waals surface area contributed by atoms with Crippen molar-refractivity contribution in [2.24, 2.45) is 0 Å². The van der Waals surface area contributed by atoms with Crippen molar-refractivity contribution in [1.82, 2.24) is 5.32 Å². The van der Waals surface area contributed by atoms with Crippen LogP contribution in [0.1, 0.15) is 33.1 Å². The molecule has 80 valence electrons. The number of nitriles is 1. The molecule has 2 atom stereocenters. The van der Waals surface area contributed by atoms with Crippen molar-refractivity contribution in [2.45, 2.75) is 45.2 Å². The largest absolute Gasteiger partial charge is 0.468 e. The molecule has 0 spiro atoms. The lowest BCUT2D eigenvalue weighted by atomic mass is 10.1. The molecule has 0 fully saturated rings. The van der Waals surface area contributed by atoms with Crippen LogP contribution in [-0.2, 0) is 9.53 Å². The average molecular weight is 198 g/mol. The summed E-state index contributed by atoms with van der Waals surface area (Å²) in [6.45, 7) is 3.90. The van der Waals surface area contributed by atoms with Crippen LogP contribution < -0.4 is 5.32 Å². The van der Waals surface area contributed by atoms with Gasteiger partial charge in [0.1, 0.15) is 6.04 Å². The summed E-state index contributed by atoms with van der Waals surface area (Å²) in [5.74, 6) is -0.260. The van der Waals surface area contributed by atoms with Gasteiger partial charge in [-0.2, -0.15) is 5.26 Å². The molecule has 1 N–H and O–H groups in total. The normalized spacial score (nSPS) is 14.1. The molecule has 0 radical (unpaired) electrons. The van der Waals surface area contributed by atoms with E-state index in [0.717, 1.165) is 6.42 Å². The van der Waals surface area contributed by atoms with Crippen molar-refractivity contribution < 1.29 is 9.53 Å². The van der Waals surface area contributed by atoms with Crippen LogP contribution in [0.5, 0.6) is 0 Å². The van der Waals surface area contributed by atoms with Crippen molar-refractivity contribution in [1.29, 1.82) is 5.26 Å². The fraction of sp³-hybridized carbons (Fsp3) is 0.800. The van der Waals surface area contributed by atoms with Crippen LogP contribution in [0.15, 0.2) is 0 Å². The van der Waals surface area contributed by atoms with Crippen LogP contribution in [0.25, 0.3) is 0 Å². The van der Waals surface area contributed by atoms with Gasteiger partial charge in [-0.15, -0.1) is 0 Å². The first kappa shape index (κ1) is 12.9. The maximum atomic E-state index is 11.2. The quantitative estimate of drug-likeness (QED) is 0.652. The van der Waals surface area contributed by atoms with Crippen LogP contribution >= 0.6 is 0 Å². The van der Waals surface area contributed by atoms with E-state index in [-0.39, 0.29) is 18.1 Å². The number of hydrogen-bond acceptors (Lipinski definition) is 4. The van der Waals surface area contributed by atoms with Crippen LogP contribution in [0, 0.1) is 11.3 Å². The second kappa shape index (κ2) is 7.34. The Bertz CT molecular complexity index is 211. The van der Waals surface area contributed by atoms with E-state index >= 15 is 0 Å². The summed E-state index contributed by atoms with van der Waals surface area (Å²) in [5, 5.41) is 11.7. The van der Waals surface area contributed by atoms with Gasteiger partial charge in [0.05, 0.1) is 19.6 Å². The monoisotopic (exact) mass is 198 g/mol. The van der Waals surface area contributed by atoms with E-state index in [0.29, 0.717) is 12.8 Å². The average Bonchev–Trinajstić information content (AvgIpc) is 2.23. The predicted octanol–water partition coefficient (Wildman–Crippen LogP) is 1.22. The van der Waals surface area contributed by atoms with Crippen LogP contribution in [0.2, 0.25) is 0 Å². The minimum atomic E-state index is -0.293. The molecule has 0 amide bonds. The molecule has 0 bridgehead atoms. The second-order valence-corrected chi connectivity index (χ2v) is 3.12. The number of nitrogens with one attached hydrogen (secondary N) is 1. The minimum absolute atomic E-state index is 0.0732. The van der Waals surface area contributed by atoms with Crippen molar-refractivity contribution in [3.8, 4) is 6.07 Å². The molecule has 0 aliphatic heterocycles. The fourth-order valence-electron chi connectivity index (χ4n) is 1.21. The molecule has 0 aliphatic carbocycles. The van der Waals surface area contributed by atoms with Gasteiger partial charge in [-0.1, -0.05) is 13.8 Å². The Kier molecular flexibility index (Phi) is 6.77. The summed E-state index contributed by atoms with van der Waals surface area (Å²) in [6, 6.07) is 1.87. The zero-order valence-corrected chi connectivity index (χ0v) is 9.04. The Labute approximate surface area is 85.2 Å². The SMILES string of the molecule is CCC(CC#N)NC(CC)C(=O)OC. The highest BCUT2D eigenvalue weighted by Gasteiger charge is 2.19. The molecule has 0 aromatic rings. The Morgan fingerprint density at radius 1 is 1.50 bits per heavy atom. The van der Waals surface area contributed by atoms with E-state index < -0.39 is 0 Å². The van der Waals surface area contributed by atoms with Crippen molar-refractivity contribution in [3.63, 3.8) is 0 Å². The Morgan fingerprint density at radius 2 is 2.14 bits per heavy atom. The van der Waals surface area contributed by atoms with Gasteiger partial charge in [0.2, 0.25) is 0 Å². The van der Waals surface area contributed by atoms with Crippen LogP contribution in [0.3, 0.4) is 0 Å². The fourth-order valence-corrected chi connectivity index (χ4v) is 1.21. The third-order valence-corrected chi connectivity index (χ3v) is 2.16. The highest BCUT2D eigenvalue weighted by Crippen LogP contribution is 2.02. The van der Waals surface area contributed by atoms with Gasteiger partial charge in [0.25, 0.3) is 0 Å². The van der Waals surface area contributed by atoms with Crippen LogP contribution in [-0.4, -0.2) is 25.2 Å². The highest BCUT2D eigenvalue weighted by molar-refractivity contribution is 5.75. The summed E-state index contributed by atoms with van der Waals surface area (Å²) >= 11 is 0. The third-order valence-electron chi connectivity index (χ3n) is 2.16. The van der Waals surface area contributed by atoms with Crippen LogP contribution in [0.4, 0.5) is 0 Å². The number of carbonyl (C=O) groups excluding carboxylic acids is 1. The number of esters is 1. The van der Waals surface area contributed by atoms with E-state index in [1.807, 2.05) is 13.8 Å². The van der Waals surface area contributed by atoms with Gasteiger partial charge in [0.15, 0.2) is 0 Å². The molecule has 0 saturated carbocycles. The lowest BCUT2D eigenvalue weighted by Gasteiger charge is -2.20. The maximum Gasteiger partial charge on any atom is 0.322 e. The molecule has 0 rings (SSSR count). The van der Waals surface area contributed by atoms with E-state index in [9.17, 15) is 4.79 Å². The number of ether oxygens (including phenoxy) is 1. The number of nitrogens with zero attached hydrogens (tertiary/aromatic N) is 1. The van der Waals surface area contributed by atoms with Gasteiger partial charge < -0.3 is 10.1 Å². The number of carbonyl (C=O) groups is 1. The predicted molar refractivity (Wildman–Crippen MR) is 53.5 cm³/mol. The van der Waals surface area contributed by atoms with Gasteiger partial charge in [-0.05, 0) is 12.8 Å². The highest BCUT2D eigenvalue weighted by atomic mass is 16.5. The van der Waals surface area contributed by atoms with Gasteiger partial charge in [-0.25, -0.2) is 0 Å². The second-order valence-electron chi connectivity index (χ2n) is 3.12. The molecule has 0 aliphatic rings. The summed E-state index contributed by atoms with van der Waals surface area (Å²) < 4.78 is 4.64. The lowest BCUT2D eigenvalue weighted by Crippen LogP contribution is -2.43. The molecule has 14 heavy (non-hydrogen) atoms. The molecular weight excluding hydrogens is 180 g/mol. The summed E-state index contributed by atoms with van der Waals surface area (Å²) in [6.07, 6.45) is 1.93. The zero-order valence-electron chi connectivity index (χ0n) is 9.04. The number of rotatable bonds is 6. The van der Waals surface area contributed by atoms with Crippen molar-refractivity contribution in [2.75, 3.05) is 7.11 Å². The molecule has 0 aromatic carbocycles. The Hall–Kier alpha value is -1.08. The van der Waals surface area contributed by atoms with Crippen molar-refractivity contribution >= 4 is 5.97 Å². The first-order valence-electron chi connectivity index (χ1n) is 4.90.